The second kappa shape index (κ2) is 12.1. The molecule has 0 fully saturated rings. The van der Waals surface area contributed by atoms with Crippen LogP contribution in [0.5, 0.6) is 0 Å². The van der Waals surface area contributed by atoms with Crippen molar-refractivity contribution >= 4 is 40.9 Å². The number of nitrogens with zero attached hydrogens (tertiary/aromatic N) is 1. The highest BCUT2D eigenvalue weighted by Gasteiger charge is 1.94. The molecule has 0 heterocycles. The summed E-state index contributed by atoms with van der Waals surface area (Å²) in [7, 11) is 0. The van der Waals surface area contributed by atoms with Gasteiger partial charge in [0.15, 0.2) is 5.17 Å². The van der Waals surface area contributed by atoms with E-state index in [1.165, 1.54) is 5.54 Å². The van der Waals surface area contributed by atoms with Crippen molar-refractivity contribution in [1.82, 2.24) is 5.32 Å². The van der Waals surface area contributed by atoms with Crippen molar-refractivity contribution in [2.45, 2.75) is 13.8 Å². The monoisotopic (exact) mass is 242 g/mol. The van der Waals surface area contributed by atoms with Gasteiger partial charge in [0.1, 0.15) is 0 Å². The van der Waals surface area contributed by atoms with Gasteiger partial charge in [-0.15, -0.1) is 12.4 Å². The van der Waals surface area contributed by atoms with Gasteiger partial charge in [0.25, 0.3) is 0 Å². The summed E-state index contributed by atoms with van der Waals surface area (Å²) in [5.41, 5.74) is 1.53. The van der Waals surface area contributed by atoms with Gasteiger partial charge in [0.2, 0.25) is 0 Å². The van der Waals surface area contributed by atoms with E-state index >= 15 is 0 Å². The van der Waals surface area contributed by atoms with Crippen LogP contribution in [0, 0.1) is 0 Å². The highest BCUT2D eigenvalue weighted by molar-refractivity contribution is 8.13. The molecule has 13 heavy (non-hydrogen) atoms. The fraction of sp³-hybridized carbons (Fsp3) is 0.625. The molecule has 0 atom stereocenters. The van der Waals surface area contributed by atoms with Crippen molar-refractivity contribution < 1.29 is 0 Å². The van der Waals surface area contributed by atoms with E-state index in [0.717, 1.165) is 24.0 Å². The molecule has 0 amide bonds. The van der Waals surface area contributed by atoms with Gasteiger partial charge < -0.3 is 5.32 Å². The Bertz CT molecular complexity index is 160. The van der Waals surface area contributed by atoms with Crippen molar-refractivity contribution in [3.05, 3.63) is 11.6 Å². The fourth-order valence-corrected chi connectivity index (χ4v) is 1.62. The number of hydrogen-bond acceptors (Lipinski definition) is 2. The van der Waals surface area contributed by atoms with Crippen LogP contribution in [0.3, 0.4) is 0 Å². The average molecular weight is 243 g/mol. The van der Waals surface area contributed by atoms with Crippen LogP contribution in [0.4, 0.5) is 0 Å². The van der Waals surface area contributed by atoms with Gasteiger partial charge in [0, 0.05) is 24.4 Å². The van der Waals surface area contributed by atoms with E-state index in [9.17, 15) is 0 Å². The summed E-state index contributed by atoms with van der Waals surface area (Å²) in [4.78, 5) is 4.28. The Kier molecular flexibility index (Phi) is 14.6. The van der Waals surface area contributed by atoms with Crippen LogP contribution in [0.25, 0.3) is 0 Å². The predicted octanol–water partition coefficient (Wildman–Crippen LogP) is 2.88. The highest BCUT2D eigenvalue weighted by Crippen LogP contribution is 2.02. The van der Waals surface area contributed by atoms with Gasteiger partial charge in [-0.25, -0.2) is 0 Å². The van der Waals surface area contributed by atoms with Crippen molar-refractivity contribution in [3.63, 3.8) is 0 Å². The molecule has 0 aliphatic heterocycles. The average Bonchev–Trinajstić information content (AvgIpc) is 2.06. The molecule has 2 nitrogen and oxygen atoms in total. The molecule has 0 aliphatic carbocycles. The van der Waals surface area contributed by atoms with Crippen molar-refractivity contribution in [2.24, 2.45) is 4.99 Å². The summed E-state index contributed by atoms with van der Waals surface area (Å²) in [6, 6.07) is 0. The van der Waals surface area contributed by atoms with Crippen LogP contribution in [0.1, 0.15) is 13.8 Å². The smallest absolute Gasteiger partial charge is 0.156 e. The standard InChI is InChI=1S/C8H15ClN2S.ClH/c1-3-10-8(11-4-2)12-7-5-6-9;/h5-6H,3-4,7H2,1-2H3,(H,10,11);1H/b6-5+;. The molecule has 0 saturated heterocycles. The minimum Gasteiger partial charge on any atom is -0.365 e. The van der Waals surface area contributed by atoms with Crippen LogP contribution < -0.4 is 5.32 Å². The molecule has 0 aromatic heterocycles. The second-order valence-electron chi connectivity index (χ2n) is 1.98. The number of halogens is 2. The molecule has 0 radical (unpaired) electrons. The SMILES string of the molecule is CCN=C(NCC)SC/C=C/Cl.Cl. The lowest BCUT2D eigenvalue weighted by molar-refractivity contribution is 0.965. The molecule has 5 heteroatoms. The van der Waals surface area contributed by atoms with E-state index in [1.807, 2.05) is 13.0 Å². The largest absolute Gasteiger partial charge is 0.365 e. The predicted molar refractivity (Wildman–Crippen MR) is 66.4 cm³/mol. The lowest BCUT2D eigenvalue weighted by atomic mass is 10.7. The maximum atomic E-state index is 5.38. The third kappa shape index (κ3) is 10.1. The number of hydrogen-bond donors (Lipinski definition) is 1. The molecule has 0 spiro atoms. The first-order valence-corrected chi connectivity index (χ1v) is 5.43. The third-order valence-corrected chi connectivity index (χ3v) is 2.12. The first-order chi connectivity index (χ1) is 5.85. The van der Waals surface area contributed by atoms with Gasteiger partial charge in [-0.05, 0) is 13.8 Å². The zero-order valence-electron chi connectivity index (χ0n) is 7.92. The van der Waals surface area contributed by atoms with Gasteiger partial charge in [-0.1, -0.05) is 29.4 Å². The molecule has 0 aliphatic rings. The third-order valence-electron chi connectivity index (χ3n) is 1.04. The molecule has 0 aromatic carbocycles. The van der Waals surface area contributed by atoms with E-state index in [4.69, 9.17) is 11.6 Å². The normalized spacial score (nSPS) is 11.5. The van der Waals surface area contributed by atoms with Crippen molar-refractivity contribution in [3.8, 4) is 0 Å². The molecule has 0 saturated carbocycles. The zero-order chi connectivity index (χ0) is 9.23. The Morgan fingerprint density at radius 3 is 2.69 bits per heavy atom. The van der Waals surface area contributed by atoms with E-state index in [2.05, 4.69) is 17.2 Å². The van der Waals surface area contributed by atoms with Crippen LogP contribution >= 0.6 is 35.8 Å². The summed E-state index contributed by atoms with van der Waals surface area (Å²) >= 11 is 7.05. The first-order valence-electron chi connectivity index (χ1n) is 4.01. The van der Waals surface area contributed by atoms with E-state index in [-0.39, 0.29) is 12.4 Å². The van der Waals surface area contributed by atoms with Gasteiger partial charge >= 0.3 is 0 Å². The molecular weight excluding hydrogens is 227 g/mol. The van der Waals surface area contributed by atoms with E-state index in [1.54, 1.807) is 11.8 Å². The van der Waals surface area contributed by atoms with Crippen LogP contribution in [0.15, 0.2) is 16.6 Å². The highest BCUT2D eigenvalue weighted by atomic mass is 35.5. The summed E-state index contributed by atoms with van der Waals surface area (Å²) in [6.45, 7) is 5.81. The number of aliphatic imine (C=N–C) groups is 1. The van der Waals surface area contributed by atoms with Gasteiger partial charge in [-0.3, -0.25) is 4.99 Å². The Balaban J connectivity index is 0. The van der Waals surface area contributed by atoms with Crippen LogP contribution in [0.2, 0.25) is 0 Å². The van der Waals surface area contributed by atoms with Gasteiger partial charge in [-0.2, -0.15) is 0 Å². The minimum absolute atomic E-state index is 0. The van der Waals surface area contributed by atoms with Crippen LogP contribution in [-0.2, 0) is 0 Å². The summed E-state index contributed by atoms with van der Waals surface area (Å²) < 4.78 is 0. The van der Waals surface area contributed by atoms with Crippen LogP contribution in [-0.4, -0.2) is 24.0 Å². The minimum atomic E-state index is 0. The summed E-state index contributed by atoms with van der Waals surface area (Å²) in [5, 5.41) is 4.17. The zero-order valence-corrected chi connectivity index (χ0v) is 10.3. The molecule has 78 valence electrons. The molecule has 0 aromatic rings. The molecule has 1 N–H and O–H groups in total. The second-order valence-corrected chi connectivity index (χ2v) is 3.24. The topological polar surface area (TPSA) is 24.4 Å². The number of nitrogens with one attached hydrogen (secondary N) is 1. The Hall–Kier alpha value is 0.140. The van der Waals surface area contributed by atoms with E-state index in [0.29, 0.717) is 0 Å². The summed E-state index contributed by atoms with van der Waals surface area (Å²) in [6.07, 6.45) is 1.90. The lowest BCUT2D eigenvalue weighted by Gasteiger charge is -2.04. The number of amidine groups is 1. The van der Waals surface area contributed by atoms with Crippen molar-refractivity contribution in [1.29, 1.82) is 0 Å². The first kappa shape index (κ1) is 15.6. The maximum Gasteiger partial charge on any atom is 0.156 e. The molecule has 0 unspecified atom stereocenters. The van der Waals surface area contributed by atoms with Crippen molar-refractivity contribution in [2.75, 3.05) is 18.8 Å². The maximum absolute atomic E-state index is 5.38. The van der Waals surface area contributed by atoms with E-state index < -0.39 is 0 Å². The Morgan fingerprint density at radius 2 is 2.23 bits per heavy atom. The Labute approximate surface area is 95.6 Å². The lowest BCUT2D eigenvalue weighted by Crippen LogP contribution is -2.20. The molecular formula is C8H16Cl2N2S. The van der Waals surface area contributed by atoms with Gasteiger partial charge in [0.05, 0.1) is 0 Å². The molecule has 0 rings (SSSR count). The Morgan fingerprint density at radius 1 is 1.54 bits per heavy atom. The summed E-state index contributed by atoms with van der Waals surface area (Å²) in [5.74, 6) is 0.870. The fourth-order valence-electron chi connectivity index (χ4n) is 0.611. The number of rotatable bonds is 4. The quantitative estimate of drug-likeness (QED) is 0.606. The number of thioether (sulfide) groups is 1. The molecule has 0 bridgehead atoms.